The molecule has 0 aromatic rings. The van der Waals surface area contributed by atoms with E-state index in [0.717, 1.165) is 42.9 Å². The largest absolute Gasteiger partial charge is 0.461 e. The predicted octanol–water partition coefficient (Wildman–Crippen LogP) is 9.40. The van der Waals surface area contributed by atoms with E-state index in [9.17, 15) is 4.79 Å². The maximum absolute atomic E-state index is 12.4. The summed E-state index contributed by atoms with van der Waals surface area (Å²) in [4.78, 5) is 12.2. The Morgan fingerprint density at radius 2 is 1.79 bits per heavy atom. The lowest BCUT2D eigenvalue weighted by molar-refractivity contribution is -0.150. The van der Waals surface area contributed by atoms with Crippen LogP contribution in [-0.2, 0) is 9.53 Å². The summed E-state index contributed by atoms with van der Waals surface area (Å²) in [5.74, 6) is 3.55. The summed E-state index contributed by atoms with van der Waals surface area (Å²) in [6.07, 6.45) is 23.8. The quantitative estimate of drug-likeness (QED) is 0.121. The van der Waals surface area contributed by atoms with Gasteiger partial charge in [0.2, 0.25) is 0 Å². The Hall–Kier alpha value is -0.310. The van der Waals surface area contributed by atoms with Gasteiger partial charge in [0.05, 0.1) is 0 Å². The molecule has 0 aromatic heterocycles. The SMILES string of the molecule is CCCCCCCCC1CCC2C3CC=C4CC(OC(=O)C(Br)CC)CCC4(C)C3CCC12C. The number of carbonyl (C=O) groups is 1. The van der Waals surface area contributed by atoms with E-state index in [1.54, 1.807) is 5.57 Å². The number of ether oxygens (including phenoxy) is 1. The van der Waals surface area contributed by atoms with Crippen molar-refractivity contribution in [3.05, 3.63) is 11.6 Å². The van der Waals surface area contributed by atoms with Crippen LogP contribution in [0.25, 0.3) is 0 Å². The molecule has 3 fully saturated rings. The van der Waals surface area contributed by atoms with Crippen molar-refractivity contribution in [2.75, 3.05) is 0 Å². The van der Waals surface area contributed by atoms with Crippen LogP contribution in [0.2, 0.25) is 0 Å². The molecule has 8 atom stereocenters. The second-order valence-corrected chi connectivity index (χ2v) is 13.9. The molecule has 0 spiro atoms. The van der Waals surface area contributed by atoms with Crippen LogP contribution < -0.4 is 0 Å². The van der Waals surface area contributed by atoms with Crippen molar-refractivity contribution < 1.29 is 9.53 Å². The molecule has 2 nitrogen and oxygen atoms in total. The number of alkyl halides is 1. The third-order valence-electron chi connectivity index (χ3n) is 11.1. The summed E-state index contributed by atoms with van der Waals surface area (Å²) in [6, 6.07) is 0. The normalized spacial score (nSPS) is 40.0. The summed E-state index contributed by atoms with van der Waals surface area (Å²) in [6.45, 7) is 9.59. The second-order valence-electron chi connectivity index (χ2n) is 12.8. The molecule has 0 heterocycles. The van der Waals surface area contributed by atoms with Crippen molar-refractivity contribution in [2.24, 2.45) is 34.5 Å². The molecule has 3 heteroatoms. The summed E-state index contributed by atoms with van der Waals surface area (Å²) in [5, 5.41) is 0. The number of esters is 1. The molecule has 0 saturated heterocycles. The van der Waals surface area contributed by atoms with E-state index in [4.69, 9.17) is 4.74 Å². The summed E-state index contributed by atoms with van der Waals surface area (Å²) in [7, 11) is 0. The number of carbonyl (C=O) groups excluding carboxylic acids is 1. The summed E-state index contributed by atoms with van der Waals surface area (Å²) in [5.41, 5.74) is 2.54. The number of hydrogen-bond acceptors (Lipinski definition) is 2. The molecule has 8 unspecified atom stereocenters. The lowest BCUT2D eigenvalue weighted by atomic mass is 9.47. The zero-order valence-electron chi connectivity index (χ0n) is 22.5. The average Bonchev–Trinajstić information content (AvgIpc) is 3.17. The van der Waals surface area contributed by atoms with Crippen LogP contribution >= 0.6 is 15.9 Å². The molecule has 0 radical (unpaired) electrons. The molecule has 0 aliphatic heterocycles. The minimum atomic E-state index is -0.159. The van der Waals surface area contributed by atoms with Crippen molar-refractivity contribution >= 4 is 21.9 Å². The minimum Gasteiger partial charge on any atom is -0.461 e. The van der Waals surface area contributed by atoms with Crippen LogP contribution in [0.3, 0.4) is 0 Å². The Bertz CT molecular complexity index is 731. The number of fused-ring (bicyclic) bond motifs is 5. The molecular formula is C31H51BrO2. The summed E-state index contributed by atoms with van der Waals surface area (Å²) >= 11 is 3.47. The lowest BCUT2D eigenvalue weighted by Crippen LogP contribution is -2.50. The molecular weight excluding hydrogens is 484 g/mol. The highest BCUT2D eigenvalue weighted by atomic mass is 79.9. The number of hydrogen-bond donors (Lipinski definition) is 0. The van der Waals surface area contributed by atoms with E-state index in [0.29, 0.717) is 10.8 Å². The van der Waals surface area contributed by atoms with E-state index >= 15 is 0 Å². The van der Waals surface area contributed by atoms with Gasteiger partial charge >= 0.3 is 5.97 Å². The van der Waals surface area contributed by atoms with Gasteiger partial charge in [-0.25, -0.2) is 0 Å². The molecule has 3 saturated carbocycles. The van der Waals surface area contributed by atoms with Gasteiger partial charge in [-0.3, -0.25) is 4.79 Å². The Balaban J connectivity index is 1.37. The Morgan fingerprint density at radius 3 is 2.56 bits per heavy atom. The highest BCUT2D eigenvalue weighted by Gasteiger charge is 2.58. The first-order valence-electron chi connectivity index (χ1n) is 14.9. The van der Waals surface area contributed by atoms with Crippen molar-refractivity contribution in [3.8, 4) is 0 Å². The molecule has 0 amide bonds. The maximum atomic E-state index is 12.4. The molecule has 34 heavy (non-hydrogen) atoms. The standard InChI is InChI=1S/C31H51BrO2/c1-5-7-8-9-10-11-12-22-14-16-26-25-15-13-23-21-24(34-29(33)28(32)6-2)17-19-31(23,4)27(25)18-20-30(22,26)3/h13,22,24-28H,5-12,14-21H2,1-4H3. The van der Waals surface area contributed by atoms with E-state index in [2.05, 4.69) is 42.8 Å². The fraction of sp³-hybridized carbons (Fsp3) is 0.903. The van der Waals surface area contributed by atoms with Gasteiger partial charge in [0.1, 0.15) is 10.9 Å². The number of halogens is 1. The van der Waals surface area contributed by atoms with Gasteiger partial charge in [0.15, 0.2) is 0 Å². The molecule has 0 N–H and O–H groups in total. The highest BCUT2D eigenvalue weighted by molar-refractivity contribution is 9.10. The van der Waals surface area contributed by atoms with Crippen LogP contribution in [-0.4, -0.2) is 16.9 Å². The van der Waals surface area contributed by atoms with Gasteiger partial charge in [-0.05, 0) is 92.3 Å². The van der Waals surface area contributed by atoms with Crippen LogP contribution in [0.15, 0.2) is 11.6 Å². The molecule has 0 aromatic carbocycles. The van der Waals surface area contributed by atoms with Crippen molar-refractivity contribution in [1.29, 1.82) is 0 Å². The number of unbranched alkanes of at least 4 members (excludes halogenated alkanes) is 5. The van der Waals surface area contributed by atoms with Crippen LogP contribution in [0.4, 0.5) is 0 Å². The van der Waals surface area contributed by atoms with Crippen LogP contribution in [0.1, 0.15) is 130 Å². The zero-order chi connectivity index (χ0) is 24.3. The Kier molecular flexibility index (Phi) is 8.96. The molecule has 194 valence electrons. The van der Waals surface area contributed by atoms with E-state index in [-0.39, 0.29) is 16.9 Å². The van der Waals surface area contributed by atoms with Crippen molar-refractivity contribution in [2.45, 2.75) is 141 Å². The third kappa shape index (κ3) is 5.21. The first-order valence-corrected chi connectivity index (χ1v) is 15.8. The Morgan fingerprint density at radius 1 is 1.03 bits per heavy atom. The van der Waals surface area contributed by atoms with Gasteiger partial charge in [-0.15, -0.1) is 0 Å². The fourth-order valence-electron chi connectivity index (χ4n) is 8.89. The van der Waals surface area contributed by atoms with E-state index in [1.807, 2.05) is 6.92 Å². The average molecular weight is 536 g/mol. The second kappa shape index (κ2) is 11.4. The van der Waals surface area contributed by atoms with Gasteiger partial charge < -0.3 is 4.74 Å². The monoisotopic (exact) mass is 534 g/mol. The fourth-order valence-corrected chi connectivity index (χ4v) is 8.99. The zero-order valence-corrected chi connectivity index (χ0v) is 24.1. The van der Waals surface area contributed by atoms with Crippen LogP contribution in [0.5, 0.6) is 0 Å². The van der Waals surface area contributed by atoms with Crippen molar-refractivity contribution in [1.82, 2.24) is 0 Å². The maximum Gasteiger partial charge on any atom is 0.319 e. The van der Waals surface area contributed by atoms with Gasteiger partial charge in [0.25, 0.3) is 0 Å². The number of rotatable bonds is 10. The summed E-state index contributed by atoms with van der Waals surface area (Å²) < 4.78 is 5.92. The smallest absolute Gasteiger partial charge is 0.319 e. The first kappa shape index (κ1) is 26.7. The van der Waals surface area contributed by atoms with Gasteiger partial charge in [-0.1, -0.05) is 93.8 Å². The van der Waals surface area contributed by atoms with Crippen molar-refractivity contribution in [3.63, 3.8) is 0 Å². The lowest BCUT2D eigenvalue weighted by Gasteiger charge is -2.58. The minimum absolute atomic E-state index is 0.0683. The first-order chi connectivity index (χ1) is 16.3. The number of allylic oxidation sites excluding steroid dienone is 1. The molecule has 4 aliphatic carbocycles. The van der Waals surface area contributed by atoms with E-state index < -0.39 is 0 Å². The third-order valence-corrected chi connectivity index (χ3v) is 12.1. The van der Waals surface area contributed by atoms with Gasteiger partial charge in [-0.2, -0.15) is 0 Å². The molecule has 0 bridgehead atoms. The Labute approximate surface area is 218 Å². The topological polar surface area (TPSA) is 26.3 Å². The van der Waals surface area contributed by atoms with Crippen LogP contribution in [0, 0.1) is 34.5 Å². The van der Waals surface area contributed by atoms with E-state index in [1.165, 1.54) is 83.5 Å². The highest BCUT2D eigenvalue weighted by Crippen LogP contribution is 2.66. The molecule has 4 aliphatic rings. The predicted molar refractivity (Wildman–Crippen MR) is 146 cm³/mol. The van der Waals surface area contributed by atoms with Gasteiger partial charge in [0, 0.05) is 6.42 Å². The molecule has 4 rings (SSSR count).